The Balaban J connectivity index is 2.62. The molecule has 0 bridgehead atoms. The van der Waals surface area contributed by atoms with Crippen molar-refractivity contribution in [3.05, 3.63) is 12.7 Å². The summed E-state index contributed by atoms with van der Waals surface area (Å²) in [6.07, 6.45) is 4.92. The molecule has 2 heteroatoms. The zero-order valence-corrected chi connectivity index (χ0v) is 9.21. The van der Waals surface area contributed by atoms with Gasteiger partial charge in [-0.25, -0.2) is 0 Å². The van der Waals surface area contributed by atoms with Gasteiger partial charge in [0, 0.05) is 6.54 Å². The van der Waals surface area contributed by atoms with Gasteiger partial charge in [-0.1, -0.05) is 19.9 Å². The van der Waals surface area contributed by atoms with Crippen molar-refractivity contribution >= 4 is 0 Å². The normalized spacial score (nSPS) is 37.5. The first kappa shape index (κ1) is 11.3. The summed E-state index contributed by atoms with van der Waals surface area (Å²) in [5.41, 5.74) is -0.292. The molecule has 0 aromatic heterocycles. The topological polar surface area (TPSA) is 35.8 Å². The van der Waals surface area contributed by atoms with E-state index in [4.69, 9.17) is 0 Å². The van der Waals surface area contributed by atoms with Gasteiger partial charge >= 0.3 is 0 Å². The van der Waals surface area contributed by atoms with Crippen LogP contribution in [0.25, 0.3) is 0 Å². The predicted molar refractivity (Wildman–Crippen MR) is 58.7 cm³/mol. The maximum absolute atomic E-state index is 9.23. The van der Waals surface area contributed by atoms with Gasteiger partial charge in [-0.05, 0) is 31.1 Å². The molecule has 0 heterocycles. The summed E-state index contributed by atoms with van der Waals surface area (Å²) in [6, 6.07) is 2.44. The standard InChI is InChI=1S/C12H20N2/c1-4-7-14-12(9-13)6-5-10(2)11(3)8-12/h4,10-11,14H,1,5-8H2,2-3H3. The third-order valence-corrected chi connectivity index (χ3v) is 3.47. The molecule has 0 aromatic carbocycles. The van der Waals surface area contributed by atoms with Crippen molar-refractivity contribution in [1.82, 2.24) is 5.32 Å². The summed E-state index contributed by atoms with van der Waals surface area (Å²) in [4.78, 5) is 0. The van der Waals surface area contributed by atoms with E-state index in [1.165, 1.54) is 0 Å². The molecule has 0 spiro atoms. The first-order chi connectivity index (χ1) is 6.63. The molecule has 1 rings (SSSR count). The minimum atomic E-state index is -0.292. The highest BCUT2D eigenvalue weighted by Gasteiger charge is 2.37. The van der Waals surface area contributed by atoms with Crippen LogP contribution in [0.1, 0.15) is 33.1 Å². The number of hydrogen-bond donors (Lipinski definition) is 1. The van der Waals surface area contributed by atoms with Crippen LogP contribution in [0.15, 0.2) is 12.7 Å². The van der Waals surface area contributed by atoms with Crippen molar-refractivity contribution in [1.29, 1.82) is 5.26 Å². The highest BCUT2D eigenvalue weighted by Crippen LogP contribution is 2.35. The fourth-order valence-electron chi connectivity index (χ4n) is 2.18. The molecule has 0 aromatic rings. The monoisotopic (exact) mass is 192 g/mol. The Morgan fingerprint density at radius 3 is 2.79 bits per heavy atom. The van der Waals surface area contributed by atoms with Crippen molar-refractivity contribution < 1.29 is 0 Å². The van der Waals surface area contributed by atoms with Gasteiger partial charge in [0.15, 0.2) is 0 Å². The lowest BCUT2D eigenvalue weighted by Gasteiger charge is -2.38. The van der Waals surface area contributed by atoms with Crippen LogP contribution < -0.4 is 5.32 Å². The molecular formula is C12H20N2. The first-order valence-corrected chi connectivity index (χ1v) is 5.41. The molecule has 0 amide bonds. The van der Waals surface area contributed by atoms with E-state index >= 15 is 0 Å². The zero-order valence-electron chi connectivity index (χ0n) is 9.21. The van der Waals surface area contributed by atoms with Gasteiger partial charge in [-0.2, -0.15) is 5.26 Å². The Labute approximate surface area is 87.0 Å². The zero-order chi connectivity index (χ0) is 10.6. The summed E-state index contributed by atoms with van der Waals surface area (Å²) in [6.45, 7) is 8.92. The second kappa shape index (κ2) is 4.61. The largest absolute Gasteiger partial charge is 0.296 e. The smallest absolute Gasteiger partial charge is 0.107 e. The Morgan fingerprint density at radius 2 is 2.29 bits per heavy atom. The molecule has 3 unspecified atom stereocenters. The van der Waals surface area contributed by atoms with E-state index < -0.39 is 0 Å². The molecule has 3 atom stereocenters. The summed E-state index contributed by atoms with van der Waals surface area (Å²) in [5, 5.41) is 12.5. The van der Waals surface area contributed by atoms with Crippen molar-refractivity contribution in [3.63, 3.8) is 0 Å². The van der Waals surface area contributed by atoms with Crippen LogP contribution >= 0.6 is 0 Å². The molecule has 1 fully saturated rings. The van der Waals surface area contributed by atoms with Gasteiger partial charge < -0.3 is 0 Å². The molecule has 2 nitrogen and oxygen atoms in total. The summed E-state index contributed by atoms with van der Waals surface area (Å²) < 4.78 is 0. The van der Waals surface area contributed by atoms with Crippen LogP contribution in [0.5, 0.6) is 0 Å². The molecule has 1 aliphatic rings. The Hall–Kier alpha value is -0.810. The van der Waals surface area contributed by atoms with E-state index in [9.17, 15) is 5.26 Å². The third kappa shape index (κ3) is 2.36. The maximum atomic E-state index is 9.23. The third-order valence-electron chi connectivity index (χ3n) is 3.47. The minimum Gasteiger partial charge on any atom is -0.296 e. The molecule has 0 aliphatic heterocycles. The van der Waals surface area contributed by atoms with Crippen molar-refractivity contribution in [2.24, 2.45) is 11.8 Å². The van der Waals surface area contributed by atoms with E-state index in [1.54, 1.807) is 0 Å². The van der Waals surface area contributed by atoms with Crippen molar-refractivity contribution in [2.45, 2.75) is 38.6 Å². The van der Waals surface area contributed by atoms with E-state index in [1.807, 2.05) is 6.08 Å². The van der Waals surface area contributed by atoms with Gasteiger partial charge in [0.2, 0.25) is 0 Å². The van der Waals surface area contributed by atoms with E-state index in [0.717, 1.165) is 31.7 Å². The Kier molecular flexibility index (Phi) is 3.71. The van der Waals surface area contributed by atoms with E-state index in [0.29, 0.717) is 5.92 Å². The van der Waals surface area contributed by atoms with Crippen LogP contribution in [0.4, 0.5) is 0 Å². The van der Waals surface area contributed by atoms with Crippen LogP contribution in [0.2, 0.25) is 0 Å². The van der Waals surface area contributed by atoms with Gasteiger partial charge in [-0.15, -0.1) is 6.58 Å². The molecule has 0 radical (unpaired) electrons. The average molecular weight is 192 g/mol. The Morgan fingerprint density at radius 1 is 1.57 bits per heavy atom. The van der Waals surface area contributed by atoms with Crippen LogP contribution in [-0.2, 0) is 0 Å². The highest BCUT2D eigenvalue weighted by molar-refractivity contribution is 5.10. The molecule has 78 valence electrons. The number of rotatable bonds is 3. The minimum absolute atomic E-state index is 0.292. The van der Waals surface area contributed by atoms with Gasteiger partial charge in [0.1, 0.15) is 5.54 Å². The lowest BCUT2D eigenvalue weighted by atomic mass is 9.72. The number of nitriles is 1. The molecule has 0 saturated heterocycles. The average Bonchev–Trinajstić information content (AvgIpc) is 2.20. The van der Waals surface area contributed by atoms with Gasteiger partial charge in [-0.3, -0.25) is 5.32 Å². The second-order valence-corrected chi connectivity index (χ2v) is 4.56. The maximum Gasteiger partial charge on any atom is 0.107 e. The fraction of sp³-hybridized carbons (Fsp3) is 0.750. The summed E-state index contributed by atoms with van der Waals surface area (Å²) >= 11 is 0. The molecule has 14 heavy (non-hydrogen) atoms. The first-order valence-electron chi connectivity index (χ1n) is 5.41. The van der Waals surface area contributed by atoms with E-state index in [-0.39, 0.29) is 5.54 Å². The SMILES string of the molecule is C=CCNC1(C#N)CCC(C)C(C)C1. The van der Waals surface area contributed by atoms with E-state index in [2.05, 4.69) is 31.8 Å². The van der Waals surface area contributed by atoms with Crippen LogP contribution in [0, 0.1) is 23.2 Å². The predicted octanol–water partition coefficient (Wildman–Crippen LogP) is 2.48. The summed E-state index contributed by atoms with van der Waals surface area (Å²) in [7, 11) is 0. The highest BCUT2D eigenvalue weighted by atomic mass is 15.0. The van der Waals surface area contributed by atoms with Crippen LogP contribution in [0.3, 0.4) is 0 Å². The summed E-state index contributed by atoms with van der Waals surface area (Å²) in [5.74, 6) is 1.39. The number of nitrogens with one attached hydrogen (secondary N) is 1. The quantitative estimate of drug-likeness (QED) is 0.697. The Bertz CT molecular complexity index is 241. The number of nitrogens with zero attached hydrogens (tertiary/aromatic N) is 1. The molecular weight excluding hydrogens is 172 g/mol. The fourth-order valence-corrected chi connectivity index (χ4v) is 2.18. The lowest BCUT2D eigenvalue weighted by Crippen LogP contribution is -2.48. The molecule has 1 aliphatic carbocycles. The number of hydrogen-bond acceptors (Lipinski definition) is 2. The van der Waals surface area contributed by atoms with Crippen molar-refractivity contribution in [2.75, 3.05) is 6.54 Å². The molecule has 1 saturated carbocycles. The lowest BCUT2D eigenvalue weighted by molar-refractivity contribution is 0.186. The van der Waals surface area contributed by atoms with Crippen LogP contribution in [-0.4, -0.2) is 12.1 Å². The molecule has 1 N–H and O–H groups in total. The second-order valence-electron chi connectivity index (χ2n) is 4.56. The van der Waals surface area contributed by atoms with Gasteiger partial charge in [0.25, 0.3) is 0 Å². The van der Waals surface area contributed by atoms with Crippen molar-refractivity contribution in [3.8, 4) is 6.07 Å². The van der Waals surface area contributed by atoms with Gasteiger partial charge in [0.05, 0.1) is 6.07 Å².